The number of thiocarbonyl (C=S) groups is 1. The normalized spacial score (nSPS) is 26.1. The van der Waals surface area contributed by atoms with E-state index in [4.69, 9.17) is 17.0 Å². The maximum Gasteiger partial charge on any atom is 0.256 e. The zero-order valence-corrected chi connectivity index (χ0v) is 14.2. The molecule has 2 aliphatic heterocycles. The minimum absolute atomic E-state index is 0.117. The second kappa shape index (κ2) is 8.39. The van der Waals surface area contributed by atoms with Crippen LogP contribution in [0, 0.1) is 0 Å². The minimum Gasteiger partial charge on any atom is -0.376 e. The molecule has 2 saturated heterocycles. The minimum atomic E-state index is -0.316. The fraction of sp³-hybridized carbons (Fsp3) is 0.500. The lowest BCUT2D eigenvalue weighted by Crippen LogP contribution is -2.53. The summed E-state index contributed by atoms with van der Waals surface area (Å²) < 4.78 is 5.51. The highest BCUT2D eigenvalue weighted by atomic mass is 32.1. The number of rotatable bonds is 4. The van der Waals surface area contributed by atoms with Gasteiger partial charge in [-0.2, -0.15) is 0 Å². The second-order valence-corrected chi connectivity index (χ2v) is 6.41. The van der Waals surface area contributed by atoms with Crippen molar-refractivity contribution in [3.8, 4) is 0 Å². The Morgan fingerprint density at radius 3 is 2.83 bits per heavy atom. The Balaban J connectivity index is 1.37. The first-order chi connectivity index (χ1) is 11.7. The lowest BCUT2D eigenvalue weighted by Gasteiger charge is -2.16. The third-order valence-electron chi connectivity index (χ3n) is 4.24. The zero-order valence-electron chi connectivity index (χ0n) is 13.4. The summed E-state index contributed by atoms with van der Waals surface area (Å²) in [6.45, 7) is 1.47. The largest absolute Gasteiger partial charge is 0.376 e. The van der Waals surface area contributed by atoms with E-state index in [1.807, 2.05) is 30.3 Å². The topological polar surface area (TPSA) is 86.5 Å². The van der Waals surface area contributed by atoms with Gasteiger partial charge in [0.15, 0.2) is 5.11 Å². The first kappa shape index (κ1) is 17.1. The van der Waals surface area contributed by atoms with Crippen molar-refractivity contribution in [2.24, 2.45) is 0 Å². The summed E-state index contributed by atoms with van der Waals surface area (Å²) in [5.74, 6) is -0.151. The molecule has 130 valence electrons. The summed E-state index contributed by atoms with van der Waals surface area (Å²) in [5.41, 5.74) is 12.7. The molecule has 7 nitrogen and oxygen atoms in total. The monoisotopic (exact) mass is 349 g/mol. The van der Waals surface area contributed by atoms with Crippen LogP contribution in [-0.2, 0) is 9.53 Å². The number of nitrogens with one attached hydrogen (secondary N) is 5. The van der Waals surface area contributed by atoms with Gasteiger partial charge >= 0.3 is 0 Å². The fourth-order valence-electron chi connectivity index (χ4n) is 2.89. The van der Waals surface area contributed by atoms with Gasteiger partial charge in [0.1, 0.15) is 6.04 Å². The van der Waals surface area contributed by atoms with Gasteiger partial charge in [-0.25, -0.2) is 10.9 Å². The molecule has 1 amide bonds. The van der Waals surface area contributed by atoms with E-state index in [1.165, 1.54) is 0 Å². The number of hydrogen-bond donors (Lipinski definition) is 5. The number of hydrogen-bond acceptors (Lipinski definition) is 5. The number of ether oxygens (including phenoxy) is 1. The van der Waals surface area contributed by atoms with Crippen molar-refractivity contribution < 1.29 is 9.53 Å². The van der Waals surface area contributed by atoms with E-state index in [2.05, 4.69) is 27.0 Å². The van der Waals surface area contributed by atoms with Crippen LogP contribution < -0.4 is 27.0 Å². The van der Waals surface area contributed by atoms with E-state index in [1.54, 1.807) is 0 Å². The smallest absolute Gasteiger partial charge is 0.256 e. The average molecular weight is 349 g/mol. The molecule has 2 fully saturated rings. The Bertz CT molecular complexity index is 565. The van der Waals surface area contributed by atoms with E-state index in [0.29, 0.717) is 18.1 Å². The predicted molar refractivity (Wildman–Crippen MR) is 94.7 cm³/mol. The standard InChI is InChI=1S/C16H23N5O2S/c22-15(20-21-16(24)17-10-12-7-4-8-23-12)14-9-13(18-19-14)11-5-2-1-3-6-11/h1-3,5-6,12-14,18-19H,4,7-10H2,(H,20,22)(H2,17,21,24). The molecule has 2 aliphatic rings. The number of carbonyl (C=O) groups is 1. The molecule has 0 aliphatic carbocycles. The summed E-state index contributed by atoms with van der Waals surface area (Å²) >= 11 is 5.15. The summed E-state index contributed by atoms with van der Waals surface area (Å²) in [7, 11) is 0. The van der Waals surface area contributed by atoms with E-state index in [9.17, 15) is 4.79 Å². The highest BCUT2D eigenvalue weighted by Crippen LogP contribution is 2.21. The van der Waals surface area contributed by atoms with Crippen LogP contribution in [0.4, 0.5) is 0 Å². The number of hydrazine groups is 2. The summed E-state index contributed by atoms with van der Waals surface area (Å²) in [4.78, 5) is 12.2. The van der Waals surface area contributed by atoms with Crippen LogP contribution in [0.2, 0.25) is 0 Å². The van der Waals surface area contributed by atoms with Gasteiger partial charge in [0.2, 0.25) is 0 Å². The number of benzene rings is 1. The molecule has 5 N–H and O–H groups in total. The second-order valence-electron chi connectivity index (χ2n) is 6.00. The molecular weight excluding hydrogens is 326 g/mol. The molecule has 0 bridgehead atoms. The maximum absolute atomic E-state index is 12.2. The van der Waals surface area contributed by atoms with E-state index < -0.39 is 0 Å². The van der Waals surface area contributed by atoms with Crippen LogP contribution in [-0.4, -0.2) is 36.3 Å². The van der Waals surface area contributed by atoms with Crippen molar-refractivity contribution >= 4 is 23.2 Å². The van der Waals surface area contributed by atoms with Gasteiger partial charge in [-0.05, 0) is 37.0 Å². The van der Waals surface area contributed by atoms with Crippen molar-refractivity contribution in [3.05, 3.63) is 35.9 Å². The van der Waals surface area contributed by atoms with Gasteiger partial charge in [0.25, 0.3) is 5.91 Å². The van der Waals surface area contributed by atoms with Crippen LogP contribution in [0.3, 0.4) is 0 Å². The van der Waals surface area contributed by atoms with Crippen molar-refractivity contribution in [3.63, 3.8) is 0 Å². The van der Waals surface area contributed by atoms with Crippen molar-refractivity contribution in [2.45, 2.75) is 37.5 Å². The highest BCUT2D eigenvalue weighted by molar-refractivity contribution is 7.80. The van der Waals surface area contributed by atoms with E-state index in [-0.39, 0.29) is 24.1 Å². The van der Waals surface area contributed by atoms with Gasteiger partial charge < -0.3 is 10.1 Å². The third-order valence-corrected chi connectivity index (χ3v) is 4.48. The Morgan fingerprint density at radius 2 is 2.08 bits per heavy atom. The summed E-state index contributed by atoms with van der Waals surface area (Å²) in [5, 5.41) is 3.44. The molecule has 3 unspecified atom stereocenters. The Hall–Kier alpha value is -1.74. The maximum atomic E-state index is 12.2. The molecule has 8 heteroatoms. The predicted octanol–water partition coefficient (Wildman–Crippen LogP) is 0.269. The Morgan fingerprint density at radius 1 is 1.25 bits per heavy atom. The Labute approximate surface area is 146 Å². The lowest BCUT2D eigenvalue weighted by molar-refractivity contribution is -0.123. The zero-order chi connectivity index (χ0) is 16.8. The van der Waals surface area contributed by atoms with Crippen LogP contribution in [0.5, 0.6) is 0 Å². The van der Waals surface area contributed by atoms with Crippen LogP contribution in [0.25, 0.3) is 0 Å². The molecule has 0 radical (unpaired) electrons. The van der Waals surface area contributed by atoms with Gasteiger partial charge in [-0.15, -0.1) is 0 Å². The molecule has 0 spiro atoms. The van der Waals surface area contributed by atoms with Crippen molar-refractivity contribution in [2.75, 3.05) is 13.2 Å². The summed E-state index contributed by atoms with van der Waals surface area (Å²) in [6.07, 6.45) is 3.01. The number of amides is 1. The quantitative estimate of drug-likeness (QED) is 0.394. The first-order valence-electron chi connectivity index (χ1n) is 8.23. The molecule has 24 heavy (non-hydrogen) atoms. The Kier molecular flexibility index (Phi) is 5.97. The molecular formula is C16H23N5O2S. The molecule has 0 aromatic heterocycles. The van der Waals surface area contributed by atoms with E-state index in [0.717, 1.165) is 25.0 Å². The van der Waals surface area contributed by atoms with E-state index >= 15 is 0 Å². The van der Waals surface area contributed by atoms with Gasteiger partial charge in [-0.1, -0.05) is 30.3 Å². The summed E-state index contributed by atoms with van der Waals surface area (Å²) in [6, 6.07) is 9.85. The molecule has 3 atom stereocenters. The molecule has 2 heterocycles. The van der Waals surface area contributed by atoms with Crippen molar-refractivity contribution in [1.82, 2.24) is 27.0 Å². The van der Waals surface area contributed by atoms with Crippen LogP contribution in [0.15, 0.2) is 30.3 Å². The SMILES string of the molecule is O=C(NNC(=S)NCC1CCCO1)C1CC(c2ccccc2)NN1. The lowest BCUT2D eigenvalue weighted by atomic mass is 10.0. The average Bonchev–Trinajstić information content (AvgIpc) is 3.30. The highest BCUT2D eigenvalue weighted by Gasteiger charge is 2.30. The molecule has 3 rings (SSSR count). The molecule has 0 saturated carbocycles. The van der Waals surface area contributed by atoms with Gasteiger partial charge in [-0.3, -0.25) is 15.6 Å². The molecule has 1 aromatic carbocycles. The fourth-order valence-corrected chi connectivity index (χ4v) is 3.03. The van der Waals surface area contributed by atoms with Gasteiger partial charge in [0.05, 0.1) is 6.10 Å². The van der Waals surface area contributed by atoms with Crippen LogP contribution >= 0.6 is 12.2 Å². The van der Waals surface area contributed by atoms with Crippen molar-refractivity contribution in [1.29, 1.82) is 0 Å². The van der Waals surface area contributed by atoms with Crippen LogP contribution in [0.1, 0.15) is 30.9 Å². The third kappa shape index (κ3) is 4.64. The molecule has 1 aromatic rings. The van der Waals surface area contributed by atoms with Gasteiger partial charge in [0, 0.05) is 19.2 Å². The number of carbonyl (C=O) groups excluding carboxylic acids is 1. The first-order valence-corrected chi connectivity index (χ1v) is 8.64.